The van der Waals surface area contributed by atoms with Crippen molar-refractivity contribution in [2.75, 3.05) is 0 Å². The van der Waals surface area contributed by atoms with Gasteiger partial charge >= 0.3 is 0 Å². The summed E-state index contributed by atoms with van der Waals surface area (Å²) in [5.41, 5.74) is 1.10. The highest BCUT2D eigenvalue weighted by molar-refractivity contribution is 5.97. The SMILES string of the molecule is CC(C)CCCCC1=CCCC1=O. The van der Waals surface area contributed by atoms with Gasteiger partial charge < -0.3 is 0 Å². The third-order valence-corrected chi connectivity index (χ3v) is 2.60. The molecule has 0 aromatic rings. The molecule has 0 aliphatic heterocycles. The van der Waals surface area contributed by atoms with Crippen LogP contribution in [0.25, 0.3) is 0 Å². The van der Waals surface area contributed by atoms with Gasteiger partial charge in [0.2, 0.25) is 0 Å². The van der Waals surface area contributed by atoms with Gasteiger partial charge in [-0.15, -0.1) is 0 Å². The Labute approximate surface area is 81.2 Å². The molecule has 0 bridgehead atoms. The molecule has 0 aromatic carbocycles. The second-order valence-electron chi connectivity index (χ2n) is 4.33. The van der Waals surface area contributed by atoms with Gasteiger partial charge in [-0.3, -0.25) is 4.79 Å². The molecule has 0 unspecified atom stereocenters. The van der Waals surface area contributed by atoms with Gasteiger partial charge in [0, 0.05) is 6.42 Å². The molecule has 1 heteroatoms. The van der Waals surface area contributed by atoms with Crippen LogP contribution >= 0.6 is 0 Å². The fourth-order valence-corrected chi connectivity index (χ4v) is 1.76. The molecule has 0 spiro atoms. The summed E-state index contributed by atoms with van der Waals surface area (Å²) < 4.78 is 0. The molecule has 0 aromatic heterocycles. The Hall–Kier alpha value is -0.590. The van der Waals surface area contributed by atoms with E-state index in [1.807, 2.05) is 0 Å². The van der Waals surface area contributed by atoms with E-state index in [2.05, 4.69) is 19.9 Å². The summed E-state index contributed by atoms with van der Waals surface area (Å²) in [6.07, 6.45) is 8.64. The average molecular weight is 180 g/mol. The van der Waals surface area contributed by atoms with E-state index >= 15 is 0 Å². The van der Waals surface area contributed by atoms with Gasteiger partial charge in [-0.25, -0.2) is 0 Å². The zero-order chi connectivity index (χ0) is 9.68. The Morgan fingerprint density at radius 1 is 1.38 bits per heavy atom. The summed E-state index contributed by atoms with van der Waals surface area (Å²) in [4.78, 5) is 11.2. The van der Waals surface area contributed by atoms with Crippen molar-refractivity contribution in [2.45, 2.75) is 52.4 Å². The minimum absolute atomic E-state index is 0.393. The molecule has 1 nitrogen and oxygen atoms in total. The van der Waals surface area contributed by atoms with Gasteiger partial charge in [0.05, 0.1) is 0 Å². The summed E-state index contributed by atoms with van der Waals surface area (Å²) in [5, 5.41) is 0. The maximum absolute atomic E-state index is 11.2. The van der Waals surface area contributed by atoms with Crippen LogP contribution in [0, 0.1) is 5.92 Å². The molecule has 0 saturated heterocycles. The fraction of sp³-hybridized carbons (Fsp3) is 0.750. The number of rotatable bonds is 5. The standard InChI is InChI=1S/C12H20O/c1-10(2)6-3-4-7-11-8-5-9-12(11)13/h8,10H,3-7,9H2,1-2H3. The van der Waals surface area contributed by atoms with E-state index in [-0.39, 0.29) is 0 Å². The first-order valence-corrected chi connectivity index (χ1v) is 5.42. The minimum atomic E-state index is 0.393. The van der Waals surface area contributed by atoms with E-state index in [1.165, 1.54) is 19.3 Å². The summed E-state index contributed by atoms with van der Waals surface area (Å²) in [7, 11) is 0. The zero-order valence-electron chi connectivity index (χ0n) is 8.81. The van der Waals surface area contributed by atoms with Crippen LogP contribution in [0.4, 0.5) is 0 Å². The normalized spacial score (nSPS) is 16.8. The lowest BCUT2D eigenvalue weighted by Crippen LogP contribution is -1.96. The lowest BCUT2D eigenvalue weighted by molar-refractivity contribution is -0.115. The third-order valence-electron chi connectivity index (χ3n) is 2.60. The quantitative estimate of drug-likeness (QED) is 0.592. The predicted octanol–water partition coefficient (Wildman–Crippen LogP) is 3.49. The Kier molecular flexibility index (Phi) is 4.20. The van der Waals surface area contributed by atoms with Crippen molar-refractivity contribution < 1.29 is 4.79 Å². The van der Waals surface area contributed by atoms with Gasteiger partial charge in [-0.2, -0.15) is 0 Å². The van der Waals surface area contributed by atoms with Crippen molar-refractivity contribution >= 4 is 5.78 Å². The zero-order valence-corrected chi connectivity index (χ0v) is 8.81. The number of ketones is 1. The Bertz CT molecular complexity index is 201. The van der Waals surface area contributed by atoms with Crippen LogP contribution in [-0.2, 0) is 4.79 Å². The van der Waals surface area contributed by atoms with E-state index in [0.717, 1.165) is 30.8 Å². The Morgan fingerprint density at radius 3 is 2.69 bits per heavy atom. The molecule has 0 saturated carbocycles. The smallest absolute Gasteiger partial charge is 0.158 e. The largest absolute Gasteiger partial charge is 0.295 e. The number of hydrogen-bond acceptors (Lipinski definition) is 1. The number of hydrogen-bond donors (Lipinski definition) is 0. The van der Waals surface area contributed by atoms with Crippen molar-refractivity contribution in [1.29, 1.82) is 0 Å². The number of Topliss-reactive ketones (excluding diaryl/α,β-unsaturated/α-hetero) is 1. The van der Waals surface area contributed by atoms with Crippen LogP contribution in [0.1, 0.15) is 52.4 Å². The van der Waals surface area contributed by atoms with Crippen molar-refractivity contribution in [2.24, 2.45) is 5.92 Å². The highest BCUT2D eigenvalue weighted by Gasteiger charge is 2.13. The number of allylic oxidation sites excluding steroid dienone is 2. The fourth-order valence-electron chi connectivity index (χ4n) is 1.76. The molecular weight excluding hydrogens is 160 g/mol. The number of carbonyl (C=O) groups is 1. The van der Waals surface area contributed by atoms with Crippen LogP contribution < -0.4 is 0 Å². The highest BCUT2D eigenvalue weighted by Crippen LogP contribution is 2.20. The van der Waals surface area contributed by atoms with E-state index in [4.69, 9.17) is 0 Å². The van der Waals surface area contributed by atoms with Crippen LogP contribution in [0.2, 0.25) is 0 Å². The molecule has 74 valence electrons. The van der Waals surface area contributed by atoms with Crippen LogP contribution in [-0.4, -0.2) is 5.78 Å². The van der Waals surface area contributed by atoms with Crippen molar-refractivity contribution in [1.82, 2.24) is 0 Å². The maximum Gasteiger partial charge on any atom is 0.158 e. The maximum atomic E-state index is 11.2. The number of carbonyl (C=O) groups excluding carboxylic acids is 1. The predicted molar refractivity (Wildman–Crippen MR) is 55.6 cm³/mol. The molecule has 0 fully saturated rings. The van der Waals surface area contributed by atoms with Crippen LogP contribution in [0.5, 0.6) is 0 Å². The molecule has 1 aliphatic rings. The molecular formula is C12H20O. The molecule has 0 amide bonds. The van der Waals surface area contributed by atoms with E-state index < -0.39 is 0 Å². The Morgan fingerprint density at radius 2 is 2.15 bits per heavy atom. The molecule has 0 N–H and O–H groups in total. The Balaban J connectivity index is 2.09. The van der Waals surface area contributed by atoms with E-state index in [0.29, 0.717) is 5.78 Å². The van der Waals surface area contributed by atoms with Crippen molar-refractivity contribution in [3.05, 3.63) is 11.6 Å². The molecule has 0 heterocycles. The van der Waals surface area contributed by atoms with Gasteiger partial charge in [-0.05, 0) is 30.8 Å². The van der Waals surface area contributed by atoms with Crippen LogP contribution in [0.3, 0.4) is 0 Å². The first kappa shape index (κ1) is 10.5. The lowest BCUT2D eigenvalue weighted by atomic mass is 10.0. The monoisotopic (exact) mass is 180 g/mol. The summed E-state index contributed by atoms with van der Waals surface area (Å²) in [6, 6.07) is 0. The average Bonchev–Trinajstić information content (AvgIpc) is 2.45. The number of unbranched alkanes of at least 4 members (excludes halogenated alkanes) is 1. The van der Waals surface area contributed by atoms with E-state index in [9.17, 15) is 4.79 Å². The van der Waals surface area contributed by atoms with Gasteiger partial charge in [0.15, 0.2) is 5.78 Å². The van der Waals surface area contributed by atoms with Crippen molar-refractivity contribution in [3.8, 4) is 0 Å². The molecule has 1 aliphatic carbocycles. The van der Waals surface area contributed by atoms with Crippen molar-refractivity contribution in [3.63, 3.8) is 0 Å². The highest BCUT2D eigenvalue weighted by atomic mass is 16.1. The molecule has 13 heavy (non-hydrogen) atoms. The summed E-state index contributed by atoms with van der Waals surface area (Å²) in [5.74, 6) is 1.19. The van der Waals surface area contributed by atoms with Gasteiger partial charge in [-0.1, -0.05) is 32.8 Å². The van der Waals surface area contributed by atoms with Gasteiger partial charge in [0.1, 0.15) is 0 Å². The second kappa shape index (κ2) is 5.21. The summed E-state index contributed by atoms with van der Waals surface area (Å²) >= 11 is 0. The second-order valence-corrected chi connectivity index (χ2v) is 4.33. The summed E-state index contributed by atoms with van der Waals surface area (Å²) in [6.45, 7) is 4.50. The molecule has 0 radical (unpaired) electrons. The first-order valence-electron chi connectivity index (χ1n) is 5.42. The minimum Gasteiger partial charge on any atom is -0.295 e. The lowest BCUT2D eigenvalue weighted by Gasteiger charge is -2.04. The topological polar surface area (TPSA) is 17.1 Å². The molecule has 1 rings (SSSR count). The van der Waals surface area contributed by atoms with Crippen LogP contribution in [0.15, 0.2) is 11.6 Å². The third kappa shape index (κ3) is 3.75. The molecule has 0 atom stereocenters. The first-order chi connectivity index (χ1) is 6.20. The van der Waals surface area contributed by atoms with E-state index in [1.54, 1.807) is 0 Å². The van der Waals surface area contributed by atoms with Gasteiger partial charge in [0.25, 0.3) is 0 Å².